The van der Waals surface area contributed by atoms with Crippen LogP contribution in [0.2, 0.25) is 0 Å². The van der Waals surface area contributed by atoms with Crippen LogP contribution in [0.25, 0.3) is 0 Å². The van der Waals surface area contributed by atoms with Crippen LogP contribution in [0.15, 0.2) is 0 Å². The van der Waals surface area contributed by atoms with Crippen LogP contribution in [0, 0.1) is 0 Å². The molecule has 0 bridgehead atoms. The van der Waals surface area contributed by atoms with Crippen molar-refractivity contribution in [1.29, 1.82) is 0 Å². The van der Waals surface area contributed by atoms with Crippen molar-refractivity contribution < 1.29 is 14.4 Å². The van der Waals surface area contributed by atoms with Crippen LogP contribution in [0.4, 0.5) is 0 Å². The molecule has 2 N–H and O–H groups in total. The normalized spacial score (nSPS) is 12.4. The molecule has 0 spiro atoms. The monoisotopic (exact) mass is 587 g/mol. The van der Waals surface area contributed by atoms with E-state index in [2.05, 4.69) is 20.8 Å². The predicted molar refractivity (Wildman–Crippen MR) is 180 cm³/mol. The third-order valence-corrected chi connectivity index (χ3v) is 11.3. The van der Waals surface area contributed by atoms with Gasteiger partial charge in [-0.3, -0.25) is 4.57 Å². The number of hydrogen-bond acceptors (Lipinski definition) is 1. The van der Waals surface area contributed by atoms with E-state index < -0.39 is 12.8 Å². The highest BCUT2D eigenvalue weighted by Crippen LogP contribution is 2.58. The summed E-state index contributed by atoms with van der Waals surface area (Å²) in [6, 6.07) is 0. The predicted octanol–water partition coefficient (Wildman–Crippen LogP) is 13.4. The maximum atomic E-state index is 13.0. The van der Waals surface area contributed by atoms with Gasteiger partial charge in [0.15, 0.2) is 0 Å². The van der Waals surface area contributed by atoms with Crippen molar-refractivity contribution >= 4 is 7.60 Å². The van der Waals surface area contributed by atoms with Crippen LogP contribution in [0.3, 0.4) is 0 Å². The average Bonchev–Trinajstić information content (AvgIpc) is 2.93. The molecule has 0 aliphatic heterocycles. The van der Waals surface area contributed by atoms with Gasteiger partial charge in [-0.25, -0.2) is 0 Å². The Balaban J connectivity index is 4.49. The molecular weight excluding hydrogens is 511 g/mol. The quantitative estimate of drug-likeness (QED) is 0.0594. The zero-order chi connectivity index (χ0) is 29.6. The van der Waals surface area contributed by atoms with E-state index in [4.69, 9.17) is 0 Å². The molecule has 0 aromatic carbocycles. The minimum absolute atomic E-state index is 0.723. The standard InChI is InChI=1S/C36H75O3P/c1-4-7-10-13-16-19-20-21-22-23-26-29-32-35-36(40(37,38)39,33-30-27-24-17-14-11-8-5-2)34-31-28-25-18-15-12-9-6-3/h4-35H2,1-3H3,(H2,37,38,39). The van der Waals surface area contributed by atoms with Gasteiger partial charge in [0.25, 0.3) is 0 Å². The molecule has 0 radical (unpaired) electrons. The van der Waals surface area contributed by atoms with Crippen LogP contribution in [-0.4, -0.2) is 14.9 Å². The Labute approximate surface area is 253 Å². The molecule has 3 nitrogen and oxygen atoms in total. The molecule has 0 heterocycles. The Bertz CT molecular complexity index is 524. The van der Waals surface area contributed by atoms with Crippen molar-refractivity contribution in [2.75, 3.05) is 0 Å². The van der Waals surface area contributed by atoms with Crippen molar-refractivity contribution in [3.8, 4) is 0 Å². The van der Waals surface area contributed by atoms with Gasteiger partial charge < -0.3 is 9.79 Å². The maximum absolute atomic E-state index is 13.0. The van der Waals surface area contributed by atoms with E-state index in [1.54, 1.807) is 0 Å². The molecule has 0 aliphatic carbocycles. The molecule has 0 aromatic heterocycles. The summed E-state index contributed by atoms with van der Waals surface area (Å²) in [5.74, 6) is 0. The first-order valence-corrected chi connectivity index (χ1v) is 20.1. The largest absolute Gasteiger partial charge is 0.331 e. The third-order valence-electron chi connectivity index (χ3n) is 9.35. The first-order chi connectivity index (χ1) is 19.4. The molecule has 4 heteroatoms. The summed E-state index contributed by atoms with van der Waals surface area (Å²) in [5.41, 5.74) is 0. The Hall–Kier alpha value is 0.150. The summed E-state index contributed by atoms with van der Waals surface area (Å²) in [6.07, 6.45) is 38.9. The lowest BCUT2D eigenvalue weighted by atomic mass is 9.88. The lowest BCUT2D eigenvalue weighted by Gasteiger charge is -2.35. The van der Waals surface area contributed by atoms with Gasteiger partial charge >= 0.3 is 7.60 Å². The minimum Gasteiger partial charge on any atom is -0.324 e. The molecule has 0 saturated heterocycles. The van der Waals surface area contributed by atoms with E-state index in [0.29, 0.717) is 0 Å². The molecular formula is C36H75O3P. The molecule has 0 fully saturated rings. The lowest BCUT2D eigenvalue weighted by molar-refractivity contribution is 0.281. The molecule has 0 rings (SSSR count). The fraction of sp³-hybridized carbons (Fsp3) is 1.00. The molecule has 0 atom stereocenters. The highest BCUT2D eigenvalue weighted by molar-refractivity contribution is 7.53. The van der Waals surface area contributed by atoms with E-state index >= 15 is 0 Å². The van der Waals surface area contributed by atoms with E-state index in [0.717, 1.165) is 57.8 Å². The van der Waals surface area contributed by atoms with E-state index in [9.17, 15) is 14.4 Å². The zero-order valence-corrected chi connectivity index (χ0v) is 28.8. The summed E-state index contributed by atoms with van der Waals surface area (Å²) < 4.78 is 13.0. The van der Waals surface area contributed by atoms with Crippen molar-refractivity contribution in [3.63, 3.8) is 0 Å². The lowest BCUT2D eigenvalue weighted by Crippen LogP contribution is -2.29. The molecule has 0 amide bonds. The highest BCUT2D eigenvalue weighted by atomic mass is 31.2. The summed E-state index contributed by atoms with van der Waals surface area (Å²) in [5, 5.41) is -0.769. The third kappa shape index (κ3) is 23.7. The summed E-state index contributed by atoms with van der Waals surface area (Å²) >= 11 is 0. The molecule has 40 heavy (non-hydrogen) atoms. The fourth-order valence-electron chi connectivity index (χ4n) is 6.46. The van der Waals surface area contributed by atoms with Gasteiger partial charge in [-0.1, -0.05) is 207 Å². The van der Waals surface area contributed by atoms with Crippen molar-refractivity contribution in [3.05, 3.63) is 0 Å². The van der Waals surface area contributed by atoms with Crippen molar-refractivity contribution in [2.45, 2.75) is 231 Å². The van der Waals surface area contributed by atoms with Crippen LogP contribution < -0.4 is 0 Å². The van der Waals surface area contributed by atoms with Crippen molar-refractivity contribution in [2.24, 2.45) is 0 Å². The van der Waals surface area contributed by atoms with Gasteiger partial charge in [0.05, 0.1) is 5.16 Å². The van der Waals surface area contributed by atoms with E-state index in [1.807, 2.05) is 0 Å². The minimum atomic E-state index is -4.13. The molecule has 0 aromatic rings. The van der Waals surface area contributed by atoms with Gasteiger partial charge in [-0.15, -0.1) is 0 Å². The Kier molecular flexibility index (Phi) is 29.3. The van der Waals surface area contributed by atoms with Crippen LogP contribution in [0.1, 0.15) is 226 Å². The Morgan fingerprint density at radius 3 is 0.700 bits per heavy atom. The Morgan fingerprint density at radius 1 is 0.350 bits per heavy atom. The van der Waals surface area contributed by atoms with Gasteiger partial charge in [0.1, 0.15) is 0 Å². The molecule has 0 aliphatic rings. The smallest absolute Gasteiger partial charge is 0.324 e. The summed E-state index contributed by atoms with van der Waals surface area (Å²) in [7, 11) is -4.13. The SMILES string of the molecule is CCCCCCCCCCCCCCCC(CCCCCCCCCC)(CCCCCCCCCC)P(=O)(O)O. The first kappa shape index (κ1) is 40.1. The first-order valence-electron chi connectivity index (χ1n) is 18.5. The van der Waals surface area contributed by atoms with Crippen LogP contribution >= 0.6 is 7.60 Å². The van der Waals surface area contributed by atoms with Gasteiger partial charge in [0, 0.05) is 0 Å². The van der Waals surface area contributed by atoms with E-state index in [-0.39, 0.29) is 0 Å². The number of rotatable bonds is 33. The maximum Gasteiger partial charge on any atom is 0.331 e. The van der Waals surface area contributed by atoms with Gasteiger partial charge in [0.2, 0.25) is 0 Å². The van der Waals surface area contributed by atoms with Crippen LogP contribution in [0.5, 0.6) is 0 Å². The van der Waals surface area contributed by atoms with Crippen molar-refractivity contribution in [1.82, 2.24) is 0 Å². The second kappa shape index (κ2) is 29.2. The topological polar surface area (TPSA) is 57.5 Å². The average molecular weight is 587 g/mol. The van der Waals surface area contributed by atoms with Gasteiger partial charge in [-0.2, -0.15) is 0 Å². The highest BCUT2D eigenvalue weighted by Gasteiger charge is 2.44. The van der Waals surface area contributed by atoms with Crippen LogP contribution in [-0.2, 0) is 4.57 Å². The second-order valence-electron chi connectivity index (χ2n) is 13.2. The fourth-order valence-corrected chi connectivity index (χ4v) is 7.81. The molecule has 0 unspecified atom stereocenters. The molecule has 242 valence electrons. The van der Waals surface area contributed by atoms with E-state index in [1.165, 1.54) is 148 Å². The molecule has 0 saturated carbocycles. The zero-order valence-electron chi connectivity index (χ0n) is 27.9. The Morgan fingerprint density at radius 2 is 0.525 bits per heavy atom. The number of unbranched alkanes of at least 4 members (excludes halogenated alkanes) is 26. The van der Waals surface area contributed by atoms with Gasteiger partial charge in [-0.05, 0) is 19.3 Å². The summed E-state index contributed by atoms with van der Waals surface area (Å²) in [6.45, 7) is 6.79. The number of hydrogen-bond donors (Lipinski definition) is 2. The second-order valence-corrected chi connectivity index (χ2v) is 15.2. The summed E-state index contributed by atoms with van der Waals surface area (Å²) in [4.78, 5) is 21.3.